The molecule has 0 bridgehead atoms. The first-order valence-electron chi connectivity index (χ1n) is 5.87. The van der Waals surface area contributed by atoms with Crippen LogP contribution < -0.4 is 10.6 Å². The van der Waals surface area contributed by atoms with Crippen LogP contribution in [0.5, 0.6) is 0 Å². The minimum atomic E-state index is -0.0606. The minimum absolute atomic E-state index is 0.0606. The Bertz CT molecular complexity index is 604. The lowest BCUT2D eigenvalue weighted by Crippen LogP contribution is -2.29. The highest BCUT2D eigenvalue weighted by Crippen LogP contribution is 2.32. The van der Waals surface area contributed by atoms with Crippen LogP contribution in [0.3, 0.4) is 0 Å². The van der Waals surface area contributed by atoms with Gasteiger partial charge in [-0.2, -0.15) is 5.10 Å². The summed E-state index contributed by atoms with van der Waals surface area (Å²) in [6, 6.07) is 5.62. The van der Waals surface area contributed by atoms with Gasteiger partial charge in [0.2, 0.25) is 0 Å². The quantitative estimate of drug-likeness (QED) is 0.744. The summed E-state index contributed by atoms with van der Waals surface area (Å²) in [6.07, 6.45) is 2.45. The number of nitrogens with one attached hydrogen (secondary N) is 1. The number of aryl methyl sites for hydroxylation is 1. The van der Waals surface area contributed by atoms with E-state index in [0.29, 0.717) is 12.2 Å². The molecule has 0 atom stereocenters. The third-order valence-electron chi connectivity index (χ3n) is 3.34. The molecule has 0 radical (unpaired) electrons. The van der Waals surface area contributed by atoms with Crippen molar-refractivity contribution < 1.29 is 4.79 Å². The number of nitrogens with zero attached hydrogens (tertiary/aromatic N) is 2. The van der Waals surface area contributed by atoms with Gasteiger partial charge in [0.25, 0.3) is 5.91 Å². The van der Waals surface area contributed by atoms with Crippen LogP contribution in [0.15, 0.2) is 24.4 Å². The Morgan fingerprint density at radius 1 is 1.50 bits per heavy atom. The van der Waals surface area contributed by atoms with E-state index in [0.717, 1.165) is 23.4 Å². The molecule has 3 rings (SSSR count). The number of hydrogen-bond donors (Lipinski definition) is 2. The molecule has 18 heavy (non-hydrogen) atoms. The second kappa shape index (κ2) is 3.87. The van der Waals surface area contributed by atoms with Crippen molar-refractivity contribution in [3.05, 3.63) is 41.2 Å². The van der Waals surface area contributed by atoms with Gasteiger partial charge in [-0.15, -0.1) is 0 Å². The van der Waals surface area contributed by atoms with Crippen LogP contribution in [0.1, 0.15) is 21.6 Å². The minimum Gasteiger partial charge on any atom is -0.398 e. The third kappa shape index (κ3) is 1.55. The van der Waals surface area contributed by atoms with Gasteiger partial charge >= 0.3 is 0 Å². The highest BCUT2D eigenvalue weighted by atomic mass is 16.2. The van der Waals surface area contributed by atoms with Crippen LogP contribution in [-0.4, -0.2) is 22.6 Å². The molecular formula is C13H14N4O. The van der Waals surface area contributed by atoms with E-state index in [1.54, 1.807) is 17.2 Å². The van der Waals surface area contributed by atoms with E-state index in [-0.39, 0.29) is 5.91 Å². The van der Waals surface area contributed by atoms with Crippen LogP contribution in [0.2, 0.25) is 0 Å². The molecule has 0 spiro atoms. The van der Waals surface area contributed by atoms with E-state index in [9.17, 15) is 4.79 Å². The first-order chi connectivity index (χ1) is 8.66. The summed E-state index contributed by atoms with van der Waals surface area (Å²) >= 11 is 0. The van der Waals surface area contributed by atoms with Gasteiger partial charge < -0.3 is 10.6 Å². The first-order valence-corrected chi connectivity index (χ1v) is 5.87. The fourth-order valence-corrected chi connectivity index (χ4v) is 2.31. The Morgan fingerprint density at radius 3 is 3.06 bits per heavy atom. The molecule has 5 nitrogen and oxygen atoms in total. The molecule has 1 amide bonds. The maximum atomic E-state index is 12.3. The standard InChI is InChI=1S/C13H14N4O/c1-8-6-9-3-5-17(12(9)7-10(8)14)13(18)11-2-4-15-16-11/h2,4,6-7H,3,5,14H2,1H3,(H,15,16). The number of H-pyrrole nitrogens is 1. The molecule has 1 aromatic carbocycles. The summed E-state index contributed by atoms with van der Waals surface area (Å²) in [6.45, 7) is 2.67. The van der Waals surface area contributed by atoms with Gasteiger partial charge in [-0.1, -0.05) is 6.07 Å². The zero-order valence-electron chi connectivity index (χ0n) is 10.1. The van der Waals surface area contributed by atoms with Crippen molar-refractivity contribution in [2.45, 2.75) is 13.3 Å². The lowest BCUT2D eigenvalue weighted by molar-refractivity contribution is 0.0984. The number of amides is 1. The summed E-state index contributed by atoms with van der Waals surface area (Å²) in [7, 11) is 0. The van der Waals surface area contributed by atoms with E-state index in [1.807, 2.05) is 13.0 Å². The number of fused-ring (bicyclic) bond motifs is 1. The summed E-state index contributed by atoms with van der Waals surface area (Å²) in [5.41, 5.74) is 10.3. The van der Waals surface area contributed by atoms with Crippen LogP contribution in [0.25, 0.3) is 0 Å². The van der Waals surface area contributed by atoms with Crippen molar-refractivity contribution in [2.75, 3.05) is 17.2 Å². The molecule has 2 aromatic rings. The van der Waals surface area contributed by atoms with E-state index in [4.69, 9.17) is 5.73 Å². The molecular weight excluding hydrogens is 228 g/mol. The molecule has 5 heteroatoms. The highest BCUT2D eigenvalue weighted by molar-refractivity contribution is 6.06. The summed E-state index contributed by atoms with van der Waals surface area (Å²) in [4.78, 5) is 14.0. The van der Waals surface area contributed by atoms with E-state index in [2.05, 4.69) is 16.3 Å². The van der Waals surface area contributed by atoms with Gasteiger partial charge in [-0.05, 0) is 36.6 Å². The zero-order valence-corrected chi connectivity index (χ0v) is 10.1. The predicted octanol–water partition coefficient (Wildman–Crippen LogP) is 1.50. The summed E-state index contributed by atoms with van der Waals surface area (Å²) in [5, 5.41) is 6.50. The van der Waals surface area contributed by atoms with E-state index >= 15 is 0 Å². The Morgan fingerprint density at radius 2 is 2.33 bits per heavy atom. The monoisotopic (exact) mass is 242 g/mol. The number of nitrogen functional groups attached to an aromatic ring is 1. The van der Waals surface area contributed by atoms with Crippen molar-refractivity contribution in [3.63, 3.8) is 0 Å². The second-order valence-corrected chi connectivity index (χ2v) is 4.51. The van der Waals surface area contributed by atoms with Gasteiger partial charge in [0.15, 0.2) is 0 Å². The molecule has 0 unspecified atom stereocenters. The van der Waals surface area contributed by atoms with Crippen LogP contribution in [0.4, 0.5) is 11.4 Å². The van der Waals surface area contributed by atoms with Crippen LogP contribution in [0, 0.1) is 6.92 Å². The van der Waals surface area contributed by atoms with Gasteiger partial charge in [-0.3, -0.25) is 9.89 Å². The van der Waals surface area contributed by atoms with Crippen molar-refractivity contribution in [1.29, 1.82) is 0 Å². The van der Waals surface area contributed by atoms with E-state index in [1.165, 1.54) is 5.56 Å². The number of nitrogens with two attached hydrogens (primary N) is 1. The fraction of sp³-hybridized carbons (Fsp3) is 0.231. The largest absolute Gasteiger partial charge is 0.398 e. The highest BCUT2D eigenvalue weighted by Gasteiger charge is 2.26. The van der Waals surface area contributed by atoms with Gasteiger partial charge in [0.1, 0.15) is 5.69 Å². The average Bonchev–Trinajstić information content (AvgIpc) is 2.98. The maximum absolute atomic E-state index is 12.3. The second-order valence-electron chi connectivity index (χ2n) is 4.51. The Balaban J connectivity index is 2.00. The fourth-order valence-electron chi connectivity index (χ4n) is 2.31. The number of carbonyl (C=O) groups is 1. The molecule has 2 heterocycles. The molecule has 1 aliphatic heterocycles. The molecule has 1 aliphatic rings. The van der Waals surface area contributed by atoms with Crippen molar-refractivity contribution in [1.82, 2.24) is 10.2 Å². The van der Waals surface area contributed by atoms with Gasteiger partial charge in [0.05, 0.1) is 0 Å². The molecule has 0 aliphatic carbocycles. The Kier molecular flexibility index (Phi) is 2.33. The number of aromatic amines is 1. The molecule has 0 saturated heterocycles. The van der Waals surface area contributed by atoms with Crippen molar-refractivity contribution in [3.8, 4) is 0 Å². The van der Waals surface area contributed by atoms with Crippen molar-refractivity contribution in [2.24, 2.45) is 0 Å². The predicted molar refractivity (Wildman–Crippen MR) is 69.6 cm³/mol. The number of aromatic nitrogens is 2. The first kappa shape index (κ1) is 10.8. The third-order valence-corrected chi connectivity index (χ3v) is 3.34. The lowest BCUT2D eigenvalue weighted by atomic mass is 10.1. The number of anilines is 2. The van der Waals surface area contributed by atoms with Crippen LogP contribution >= 0.6 is 0 Å². The molecule has 92 valence electrons. The number of rotatable bonds is 1. The Hall–Kier alpha value is -2.30. The number of benzene rings is 1. The topological polar surface area (TPSA) is 75.0 Å². The smallest absolute Gasteiger partial charge is 0.276 e. The molecule has 3 N–H and O–H groups in total. The van der Waals surface area contributed by atoms with Crippen LogP contribution in [-0.2, 0) is 6.42 Å². The van der Waals surface area contributed by atoms with Crippen molar-refractivity contribution >= 4 is 17.3 Å². The lowest BCUT2D eigenvalue weighted by Gasteiger charge is -2.17. The zero-order chi connectivity index (χ0) is 12.7. The summed E-state index contributed by atoms with van der Waals surface area (Å²) < 4.78 is 0. The van der Waals surface area contributed by atoms with Gasteiger partial charge in [-0.25, -0.2) is 0 Å². The maximum Gasteiger partial charge on any atom is 0.276 e. The van der Waals surface area contributed by atoms with Gasteiger partial charge in [0, 0.05) is 24.1 Å². The SMILES string of the molecule is Cc1cc2c(cc1N)N(C(=O)c1ccn[nH]1)CC2. The molecule has 0 fully saturated rings. The average molecular weight is 242 g/mol. The molecule has 1 aromatic heterocycles. The molecule has 0 saturated carbocycles. The normalized spacial score (nSPS) is 13.7. The number of carbonyl (C=O) groups excluding carboxylic acids is 1. The Labute approximate surface area is 105 Å². The number of hydrogen-bond acceptors (Lipinski definition) is 3. The van der Waals surface area contributed by atoms with E-state index < -0.39 is 0 Å². The summed E-state index contributed by atoms with van der Waals surface area (Å²) in [5.74, 6) is -0.0606.